The van der Waals surface area contributed by atoms with Crippen LogP contribution in [0.2, 0.25) is 0 Å². The van der Waals surface area contributed by atoms with Crippen LogP contribution in [-0.2, 0) is 6.61 Å². The van der Waals surface area contributed by atoms with E-state index in [0.717, 1.165) is 10.0 Å². The Hall–Kier alpha value is -0.380. The Morgan fingerprint density at radius 3 is 2.92 bits per heavy atom. The van der Waals surface area contributed by atoms with E-state index in [1.54, 1.807) is 11.3 Å². The van der Waals surface area contributed by atoms with Crippen molar-refractivity contribution >= 4 is 37.4 Å². The summed E-state index contributed by atoms with van der Waals surface area (Å²) in [5.41, 5.74) is 2.25. The molecule has 0 spiro atoms. The van der Waals surface area contributed by atoms with Crippen molar-refractivity contribution in [3.8, 4) is 0 Å². The SMILES string of the molecule is Cc1csc2cc(Br)cc(CO)c12. The highest BCUT2D eigenvalue weighted by Gasteiger charge is 2.06. The van der Waals surface area contributed by atoms with Crippen LogP contribution in [0.3, 0.4) is 0 Å². The second-order valence-electron chi connectivity index (χ2n) is 3.01. The first kappa shape index (κ1) is 9.19. The van der Waals surface area contributed by atoms with Crippen molar-refractivity contribution in [2.75, 3.05) is 0 Å². The Bertz CT molecular complexity index is 447. The van der Waals surface area contributed by atoms with E-state index in [0.29, 0.717) is 0 Å². The fourth-order valence-corrected chi connectivity index (χ4v) is 3.20. The topological polar surface area (TPSA) is 20.2 Å². The van der Waals surface area contributed by atoms with Gasteiger partial charge in [-0.15, -0.1) is 11.3 Å². The number of fused-ring (bicyclic) bond motifs is 1. The molecule has 1 aromatic heterocycles. The molecule has 0 aliphatic rings. The predicted molar refractivity (Wildman–Crippen MR) is 60.2 cm³/mol. The fourth-order valence-electron chi connectivity index (χ4n) is 1.51. The van der Waals surface area contributed by atoms with Gasteiger partial charge >= 0.3 is 0 Å². The molecule has 1 heterocycles. The van der Waals surface area contributed by atoms with E-state index in [1.165, 1.54) is 15.6 Å². The molecule has 3 heteroatoms. The largest absolute Gasteiger partial charge is 0.392 e. The van der Waals surface area contributed by atoms with Crippen LogP contribution >= 0.6 is 27.3 Å². The highest BCUT2D eigenvalue weighted by molar-refractivity contribution is 9.10. The van der Waals surface area contributed by atoms with Crippen molar-refractivity contribution in [1.29, 1.82) is 0 Å². The number of hydrogen-bond acceptors (Lipinski definition) is 2. The summed E-state index contributed by atoms with van der Waals surface area (Å²) in [4.78, 5) is 0. The molecule has 2 aromatic rings. The van der Waals surface area contributed by atoms with Crippen LogP contribution in [0.1, 0.15) is 11.1 Å². The van der Waals surface area contributed by atoms with Crippen molar-refractivity contribution < 1.29 is 5.11 Å². The molecule has 68 valence electrons. The number of benzene rings is 1. The molecule has 0 saturated carbocycles. The maximum atomic E-state index is 9.19. The zero-order chi connectivity index (χ0) is 9.42. The summed E-state index contributed by atoms with van der Waals surface area (Å²) in [6, 6.07) is 4.06. The quantitative estimate of drug-likeness (QED) is 0.829. The molecule has 0 amide bonds. The zero-order valence-electron chi connectivity index (χ0n) is 7.17. The van der Waals surface area contributed by atoms with Gasteiger partial charge in [-0.05, 0) is 35.6 Å². The molecule has 0 aliphatic heterocycles. The predicted octanol–water partition coefficient (Wildman–Crippen LogP) is 3.46. The van der Waals surface area contributed by atoms with E-state index < -0.39 is 0 Å². The molecule has 0 saturated heterocycles. The van der Waals surface area contributed by atoms with E-state index in [-0.39, 0.29) is 6.61 Å². The lowest BCUT2D eigenvalue weighted by Crippen LogP contribution is -1.85. The Morgan fingerprint density at radius 2 is 2.23 bits per heavy atom. The lowest BCUT2D eigenvalue weighted by Gasteiger charge is -2.01. The highest BCUT2D eigenvalue weighted by Crippen LogP contribution is 2.31. The highest BCUT2D eigenvalue weighted by atomic mass is 79.9. The Morgan fingerprint density at radius 1 is 1.46 bits per heavy atom. The summed E-state index contributed by atoms with van der Waals surface area (Å²) in [5, 5.41) is 12.5. The van der Waals surface area contributed by atoms with Gasteiger partial charge in [0.1, 0.15) is 0 Å². The standard InChI is InChI=1S/C10H9BrOS/c1-6-5-13-9-3-8(11)2-7(4-12)10(6)9/h2-3,5,12H,4H2,1H3. The number of aliphatic hydroxyl groups excluding tert-OH is 1. The van der Waals surface area contributed by atoms with Gasteiger partial charge in [-0.25, -0.2) is 0 Å². The van der Waals surface area contributed by atoms with Crippen LogP contribution in [0.15, 0.2) is 22.0 Å². The van der Waals surface area contributed by atoms with Crippen LogP contribution in [0, 0.1) is 6.92 Å². The van der Waals surface area contributed by atoms with Crippen LogP contribution in [0.25, 0.3) is 10.1 Å². The van der Waals surface area contributed by atoms with Crippen molar-refractivity contribution in [2.24, 2.45) is 0 Å². The smallest absolute Gasteiger partial charge is 0.0688 e. The van der Waals surface area contributed by atoms with Gasteiger partial charge in [-0.1, -0.05) is 15.9 Å². The molecule has 0 aliphatic carbocycles. The van der Waals surface area contributed by atoms with E-state index in [2.05, 4.69) is 34.3 Å². The first-order chi connectivity index (χ1) is 6.22. The van der Waals surface area contributed by atoms with Gasteiger partial charge in [-0.3, -0.25) is 0 Å². The van der Waals surface area contributed by atoms with Crippen LogP contribution in [-0.4, -0.2) is 5.11 Å². The van der Waals surface area contributed by atoms with Gasteiger partial charge < -0.3 is 5.11 Å². The van der Waals surface area contributed by atoms with Crippen LogP contribution < -0.4 is 0 Å². The maximum Gasteiger partial charge on any atom is 0.0688 e. The average Bonchev–Trinajstić information content (AvgIpc) is 2.46. The minimum absolute atomic E-state index is 0.105. The van der Waals surface area contributed by atoms with Gasteiger partial charge in [0.05, 0.1) is 6.61 Å². The minimum Gasteiger partial charge on any atom is -0.392 e. The van der Waals surface area contributed by atoms with Gasteiger partial charge in [0.2, 0.25) is 0 Å². The molecule has 1 nitrogen and oxygen atoms in total. The van der Waals surface area contributed by atoms with Crippen LogP contribution in [0.5, 0.6) is 0 Å². The van der Waals surface area contributed by atoms with E-state index in [4.69, 9.17) is 0 Å². The number of aliphatic hydroxyl groups is 1. The molecule has 1 N–H and O–H groups in total. The Labute approximate surface area is 89.1 Å². The summed E-state index contributed by atoms with van der Waals surface area (Å²) < 4.78 is 2.27. The summed E-state index contributed by atoms with van der Waals surface area (Å²) in [6.07, 6.45) is 0. The van der Waals surface area contributed by atoms with Crippen molar-refractivity contribution in [3.05, 3.63) is 33.1 Å². The molecule has 1 aromatic carbocycles. The normalized spacial score (nSPS) is 11.0. The van der Waals surface area contributed by atoms with E-state index >= 15 is 0 Å². The Kier molecular flexibility index (Phi) is 2.41. The Balaban J connectivity index is 2.85. The number of rotatable bonds is 1. The number of hydrogen-bond donors (Lipinski definition) is 1. The first-order valence-electron chi connectivity index (χ1n) is 3.99. The third-order valence-electron chi connectivity index (χ3n) is 2.08. The summed E-state index contributed by atoms with van der Waals surface area (Å²) >= 11 is 5.15. The second-order valence-corrected chi connectivity index (χ2v) is 4.84. The molecular formula is C10H9BrOS. The second kappa shape index (κ2) is 3.40. The van der Waals surface area contributed by atoms with Gasteiger partial charge in [0.25, 0.3) is 0 Å². The molecule has 0 atom stereocenters. The van der Waals surface area contributed by atoms with Crippen molar-refractivity contribution in [3.63, 3.8) is 0 Å². The summed E-state index contributed by atoms with van der Waals surface area (Å²) in [7, 11) is 0. The van der Waals surface area contributed by atoms with E-state index in [9.17, 15) is 5.11 Å². The zero-order valence-corrected chi connectivity index (χ0v) is 9.58. The third kappa shape index (κ3) is 1.52. The number of aryl methyl sites for hydroxylation is 1. The first-order valence-corrected chi connectivity index (χ1v) is 5.66. The lowest BCUT2D eigenvalue weighted by atomic mass is 10.1. The molecular weight excluding hydrogens is 248 g/mol. The molecule has 2 rings (SSSR count). The molecule has 0 fully saturated rings. The molecule has 0 bridgehead atoms. The van der Waals surface area contributed by atoms with Crippen molar-refractivity contribution in [1.82, 2.24) is 0 Å². The fraction of sp³-hybridized carbons (Fsp3) is 0.200. The van der Waals surface area contributed by atoms with E-state index in [1.807, 2.05) is 6.07 Å². The van der Waals surface area contributed by atoms with Crippen LogP contribution in [0.4, 0.5) is 0 Å². The third-order valence-corrected chi connectivity index (χ3v) is 3.58. The van der Waals surface area contributed by atoms with Gasteiger partial charge in [0.15, 0.2) is 0 Å². The minimum atomic E-state index is 0.105. The number of thiophene rings is 1. The maximum absolute atomic E-state index is 9.19. The molecule has 0 radical (unpaired) electrons. The summed E-state index contributed by atoms with van der Waals surface area (Å²) in [5.74, 6) is 0. The lowest BCUT2D eigenvalue weighted by molar-refractivity contribution is 0.283. The average molecular weight is 257 g/mol. The molecule has 0 unspecified atom stereocenters. The van der Waals surface area contributed by atoms with Crippen molar-refractivity contribution in [2.45, 2.75) is 13.5 Å². The monoisotopic (exact) mass is 256 g/mol. The molecule has 13 heavy (non-hydrogen) atoms. The summed E-state index contributed by atoms with van der Waals surface area (Å²) in [6.45, 7) is 2.18. The van der Waals surface area contributed by atoms with Gasteiger partial charge in [0, 0.05) is 14.6 Å². The number of halogens is 1. The van der Waals surface area contributed by atoms with Gasteiger partial charge in [-0.2, -0.15) is 0 Å².